The molecule has 7 nitrogen and oxygen atoms in total. The fourth-order valence-corrected chi connectivity index (χ4v) is 8.80. The fraction of sp³-hybridized carbons (Fsp3) is 0.810. The molecule has 0 aromatic carbocycles. The number of likely N-dealkylation sites (tertiary alicyclic amines) is 1. The Kier molecular flexibility index (Phi) is 4.59. The fourth-order valence-electron chi connectivity index (χ4n) is 7.12. The summed E-state index contributed by atoms with van der Waals surface area (Å²) in [6.45, 7) is 4.72. The number of carbonyl (C=O) groups is 1. The SMILES string of the molecule is Cc1n[nH]c(C)c1S(=O)(=O)NC1CCN(C(=O)C23CC4CC(CC(C4)C2)C3)CC1. The Morgan fingerprint density at radius 1 is 1.07 bits per heavy atom. The maximum absolute atomic E-state index is 13.5. The molecule has 4 aliphatic carbocycles. The van der Waals surface area contributed by atoms with Crippen molar-refractivity contribution in [2.75, 3.05) is 13.1 Å². The Morgan fingerprint density at radius 2 is 1.62 bits per heavy atom. The van der Waals surface area contributed by atoms with Crippen molar-refractivity contribution < 1.29 is 13.2 Å². The van der Waals surface area contributed by atoms with Gasteiger partial charge in [0.25, 0.3) is 0 Å². The number of carbonyl (C=O) groups excluding carboxylic acids is 1. The van der Waals surface area contributed by atoms with Gasteiger partial charge in [0.05, 0.1) is 16.8 Å². The van der Waals surface area contributed by atoms with E-state index >= 15 is 0 Å². The van der Waals surface area contributed by atoms with E-state index in [1.807, 2.05) is 4.90 Å². The van der Waals surface area contributed by atoms with Gasteiger partial charge in [0.1, 0.15) is 4.90 Å². The van der Waals surface area contributed by atoms with Gasteiger partial charge in [-0.05, 0) is 83.0 Å². The molecule has 1 aromatic rings. The number of hydrogen-bond acceptors (Lipinski definition) is 4. The summed E-state index contributed by atoms with van der Waals surface area (Å²) >= 11 is 0. The van der Waals surface area contributed by atoms with Crippen LogP contribution in [0.15, 0.2) is 4.90 Å². The number of rotatable bonds is 4. The normalized spacial score (nSPS) is 34.7. The van der Waals surface area contributed by atoms with Crippen LogP contribution >= 0.6 is 0 Å². The topological polar surface area (TPSA) is 95.2 Å². The summed E-state index contributed by atoms with van der Waals surface area (Å²) in [7, 11) is -3.60. The third kappa shape index (κ3) is 3.32. The van der Waals surface area contributed by atoms with Crippen molar-refractivity contribution in [1.29, 1.82) is 0 Å². The van der Waals surface area contributed by atoms with Gasteiger partial charge in [0.15, 0.2) is 0 Å². The Balaban J connectivity index is 1.23. The molecule has 2 heterocycles. The zero-order valence-electron chi connectivity index (χ0n) is 17.4. The number of aromatic amines is 1. The van der Waals surface area contributed by atoms with Gasteiger partial charge in [-0.15, -0.1) is 0 Å². The van der Waals surface area contributed by atoms with Crippen molar-refractivity contribution in [3.8, 4) is 0 Å². The van der Waals surface area contributed by atoms with Crippen LogP contribution in [0.5, 0.6) is 0 Å². The minimum absolute atomic E-state index is 0.105. The van der Waals surface area contributed by atoms with Crippen molar-refractivity contribution in [2.45, 2.75) is 76.2 Å². The number of amides is 1. The number of nitrogens with zero attached hydrogens (tertiary/aromatic N) is 2. The Labute approximate surface area is 173 Å². The molecule has 4 saturated carbocycles. The zero-order valence-corrected chi connectivity index (χ0v) is 18.2. The highest BCUT2D eigenvalue weighted by Crippen LogP contribution is 2.60. The molecule has 5 aliphatic rings. The molecule has 1 saturated heterocycles. The highest BCUT2D eigenvalue weighted by molar-refractivity contribution is 7.89. The highest BCUT2D eigenvalue weighted by atomic mass is 32.2. The summed E-state index contributed by atoms with van der Waals surface area (Å²) in [5.74, 6) is 2.64. The van der Waals surface area contributed by atoms with Gasteiger partial charge in [0, 0.05) is 19.1 Å². The van der Waals surface area contributed by atoms with E-state index < -0.39 is 10.0 Å². The molecule has 2 N–H and O–H groups in total. The predicted octanol–water partition coefficient (Wildman–Crippen LogP) is 2.51. The largest absolute Gasteiger partial charge is 0.342 e. The van der Waals surface area contributed by atoms with Crippen LogP contribution in [0.3, 0.4) is 0 Å². The van der Waals surface area contributed by atoms with Crippen LogP contribution in [0.4, 0.5) is 0 Å². The molecule has 1 aromatic heterocycles. The lowest BCUT2D eigenvalue weighted by Crippen LogP contribution is -2.56. The number of aromatic nitrogens is 2. The minimum Gasteiger partial charge on any atom is -0.342 e. The van der Waals surface area contributed by atoms with Crippen LogP contribution in [-0.2, 0) is 14.8 Å². The first kappa shape index (κ1) is 19.5. The molecular weight excluding hydrogens is 388 g/mol. The van der Waals surface area contributed by atoms with Crippen molar-refractivity contribution in [3.05, 3.63) is 11.4 Å². The van der Waals surface area contributed by atoms with Crippen LogP contribution in [-0.4, -0.2) is 48.6 Å². The Hall–Kier alpha value is -1.41. The summed E-state index contributed by atoms with van der Waals surface area (Å²) in [5.41, 5.74) is 0.945. The number of hydrogen-bond donors (Lipinski definition) is 2. The second-order valence-corrected chi connectivity index (χ2v) is 11.8. The van der Waals surface area contributed by atoms with Gasteiger partial charge in [-0.3, -0.25) is 9.89 Å². The lowest BCUT2D eigenvalue weighted by molar-refractivity contribution is -0.158. The highest BCUT2D eigenvalue weighted by Gasteiger charge is 2.55. The molecule has 160 valence electrons. The van der Waals surface area contributed by atoms with Crippen molar-refractivity contribution in [2.24, 2.45) is 23.2 Å². The van der Waals surface area contributed by atoms with Crippen molar-refractivity contribution in [3.63, 3.8) is 0 Å². The molecule has 29 heavy (non-hydrogen) atoms. The van der Waals surface area contributed by atoms with Gasteiger partial charge < -0.3 is 4.90 Å². The van der Waals surface area contributed by atoms with E-state index in [-0.39, 0.29) is 16.4 Å². The van der Waals surface area contributed by atoms with Crippen molar-refractivity contribution in [1.82, 2.24) is 19.8 Å². The number of aryl methyl sites for hydroxylation is 2. The first-order valence-electron chi connectivity index (χ1n) is 11.1. The second-order valence-electron chi connectivity index (χ2n) is 10.1. The van der Waals surface area contributed by atoms with Gasteiger partial charge in [-0.1, -0.05) is 0 Å². The standard InChI is InChI=1S/C21H32N4O3S/c1-13-19(14(2)23-22-13)29(27,28)24-18-3-5-25(6-4-18)20(26)21-10-15-7-16(11-21)9-17(8-15)12-21/h15-18,24H,3-12H2,1-2H3,(H,22,23). The molecule has 0 spiro atoms. The van der Waals surface area contributed by atoms with Gasteiger partial charge in [0.2, 0.25) is 15.9 Å². The molecule has 8 heteroatoms. The van der Waals surface area contributed by atoms with Gasteiger partial charge >= 0.3 is 0 Å². The Morgan fingerprint density at radius 3 is 2.10 bits per heavy atom. The first-order valence-corrected chi connectivity index (χ1v) is 12.6. The predicted molar refractivity (Wildman–Crippen MR) is 109 cm³/mol. The van der Waals surface area contributed by atoms with E-state index in [1.165, 1.54) is 19.3 Å². The summed E-state index contributed by atoms with van der Waals surface area (Å²) < 4.78 is 28.4. The van der Waals surface area contributed by atoms with Crippen LogP contribution < -0.4 is 4.72 Å². The van der Waals surface area contributed by atoms with Crippen LogP contribution in [0, 0.1) is 37.0 Å². The lowest BCUT2D eigenvalue weighted by Gasteiger charge is -2.57. The van der Waals surface area contributed by atoms with E-state index in [0.29, 0.717) is 43.2 Å². The zero-order chi connectivity index (χ0) is 20.4. The minimum atomic E-state index is -3.60. The summed E-state index contributed by atoms with van der Waals surface area (Å²) in [6, 6.07) is -0.130. The van der Waals surface area contributed by atoms with E-state index in [0.717, 1.165) is 37.0 Å². The average molecular weight is 421 g/mol. The summed E-state index contributed by atoms with van der Waals surface area (Å²) in [6.07, 6.45) is 8.62. The molecule has 4 bridgehead atoms. The number of sulfonamides is 1. The molecule has 6 rings (SSSR count). The van der Waals surface area contributed by atoms with Crippen molar-refractivity contribution >= 4 is 15.9 Å². The maximum Gasteiger partial charge on any atom is 0.244 e. The van der Waals surface area contributed by atoms with E-state index in [2.05, 4.69) is 14.9 Å². The van der Waals surface area contributed by atoms with Crippen LogP contribution in [0.1, 0.15) is 62.8 Å². The monoisotopic (exact) mass is 420 g/mol. The number of piperidine rings is 1. The Bertz CT molecular complexity index is 860. The third-order valence-electron chi connectivity index (χ3n) is 7.93. The molecule has 1 amide bonds. The summed E-state index contributed by atoms with van der Waals surface area (Å²) in [4.78, 5) is 15.8. The van der Waals surface area contributed by atoms with E-state index in [1.54, 1.807) is 13.8 Å². The first-order chi connectivity index (χ1) is 13.8. The van der Waals surface area contributed by atoms with Gasteiger partial charge in [-0.2, -0.15) is 5.10 Å². The summed E-state index contributed by atoms with van der Waals surface area (Å²) in [5, 5.41) is 6.75. The number of H-pyrrole nitrogens is 1. The average Bonchev–Trinajstić information content (AvgIpc) is 2.99. The maximum atomic E-state index is 13.5. The quantitative estimate of drug-likeness (QED) is 0.782. The lowest BCUT2D eigenvalue weighted by atomic mass is 9.49. The molecule has 0 atom stereocenters. The van der Waals surface area contributed by atoms with E-state index in [4.69, 9.17) is 0 Å². The third-order valence-corrected chi connectivity index (χ3v) is 9.71. The molecular formula is C21H32N4O3S. The second kappa shape index (κ2) is 6.80. The molecule has 1 aliphatic heterocycles. The number of nitrogens with one attached hydrogen (secondary N) is 2. The van der Waals surface area contributed by atoms with Crippen LogP contribution in [0.2, 0.25) is 0 Å². The van der Waals surface area contributed by atoms with Crippen LogP contribution in [0.25, 0.3) is 0 Å². The molecule has 0 unspecified atom stereocenters. The molecule has 5 fully saturated rings. The van der Waals surface area contributed by atoms with Gasteiger partial charge in [-0.25, -0.2) is 13.1 Å². The smallest absolute Gasteiger partial charge is 0.244 e. The van der Waals surface area contributed by atoms with E-state index in [9.17, 15) is 13.2 Å². The molecule has 0 radical (unpaired) electrons.